The number of para-hydroxylation sites is 1. The summed E-state index contributed by atoms with van der Waals surface area (Å²) in [5.74, 6) is 1.42. The summed E-state index contributed by atoms with van der Waals surface area (Å²) in [6, 6.07) is 22.9. The Labute approximate surface area is 171 Å². The van der Waals surface area contributed by atoms with Crippen molar-refractivity contribution in [3.8, 4) is 28.4 Å². The van der Waals surface area contributed by atoms with E-state index in [0.29, 0.717) is 30.5 Å². The molecule has 148 valence electrons. The van der Waals surface area contributed by atoms with E-state index >= 15 is 0 Å². The van der Waals surface area contributed by atoms with Crippen LogP contribution in [0.5, 0.6) is 17.2 Å². The first kappa shape index (κ1) is 20.2. The molecule has 0 heterocycles. The first-order valence-electron chi connectivity index (χ1n) is 9.65. The third kappa shape index (κ3) is 5.48. The van der Waals surface area contributed by atoms with Crippen LogP contribution in [0.4, 0.5) is 0 Å². The number of hydrogen-bond donors (Lipinski definition) is 0. The molecule has 0 aliphatic heterocycles. The van der Waals surface area contributed by atoms with E-state index in [4.69, 9.17) is 14.2 Å². The van der Waals surface area contributed by atoms with Crippen LogP contribution in [0.15, 0.2) is 78.9 Å². The fraction of sp³-hybridized carbons (Fsp3) is 0.160. The molecule has 3 aromatic rings. The largest absolute Gasteiger partial charge is 0.490 e. The van der Waals surface area contributed by atoms with Gasteiger partial charge in [-0.25, -0.2) is 4.79 Å². The second-order valence-corrected chi connectivity index (χ2v) is 6.19. The normalized spacial score (nSPS) is 10.7. The molecule has 0 amide bonds. The summed E-state index contributed by atoms with van der Waals surface area (Å²) in [7, 11) is 0. The number of esters is 1. The molecule has 3 rings (SSSR count). The lowest BCUT2D eigenvalue weighted by Gasteiger charge is -2.11. The fourth-order valence-electron chi connectivity index (χ4n) is 2.89. The second kappa shape index (κ2) is 10.1. The van der Waals surface area contributed by atoms with Gasteiger partial charge >= 0.3 is 5.97 Å². The summed E-state index contributed by atoms with van der Waals surface area (Å²) in [5.41, 5.74) is 2.69. The summed E-state index contributed by atoms with van der Waals surface area (Å²) < 4.78 is 16.8. The number of rotatable bonds is 8. The van der Waals surface area contributed by atoms with E-state index in [2.05, 4.69) is 0 Å². The molecule has 0 unspecified atom stereocenters. The van der Waals surface area contributed by atoms with Gasteiger partial charge in [0.2, 0.25) is 0 Å². The maximum atomic E-state index is 12.4. The van der Waals surface area contributed by atoms with Gasteiger partial charge in [0.15, 0.2) is 11.5 Å². The number of ether oxygens (including phenoxy) is 3. The molecule has 0 aliphatic carbocycles. The van der Waals surface area contributed by atoms with Gasteiger partial charge in [0.05, 0.1) is 13.2 Å². The van der Waals surface area contributed by atoms with Gasteiger partial charge in [-0.15, -0.1) is 0 Å². The molecule has 0 aromatic heterocycles. The Balaban J connectivity index is 1.75. The highest BCUT2D eigenvalue weighted by Crippen LogP contribution is 2.30. The van der Waals surface area contributed by atoms with Crippen LogP contribution in [0.1, 0.15) is 19.4 Å². The van der Waals surface area contributed by atoms with Gasteiger partial charge in [-0.1, -0.05) is 54.6 Å². The Morgan fingerprint density at radius 1 is 0.793 bits per heavy atom. The molecular formula is C25H24O4. The summed E-state index contributed by atoms with van der Waals surface area (Å²) in [6.07, 6.45) is 3.11. The Bertz CT molecular complexity index is 977. The Morgan fingerprint density at radius 3 is 2.24 bits per heavy atom. The maximum Gasteiger partial charge on any atom is 0.336 e. The molecule has 0 N–H and O–H groups in total. The standard InChI is InChI=1S/C25H24O4/c1-3-27-23-16-14-19(18-24(23)28-4-2)15-17-25(26)29-22-13-9-8-12-21(22)20-10-6-5-7-11-20/h5-18H,3-4H2,1-2H3/b17-15+. The molecule has 4 heteroatoms. The second-order valence-electron chi connectivity index (χ2n) is 6.19. The van der Waals surface area contributed by atoms with Crippen LogP contribution in [0.2, 0.25) is 0 Å². The summed E-state index contributed by atoms with van der Waals surface area (Å²) >= 11 is 0. The van der Waals surface area contributed by atoms with Crippen LogP contribution in [0.25, 0.3) is 17.2 Å². The van der Waals surface area contributed by atoms with Gasteiger partial charge in [-0.05, 0) is 49.2 Å². The fourth-order valence-corrected chi connectivity index (χ4v) is 2.89. The molecule has 0 radical (unpaired) electrons. The van der Waals surface area contributed by atoms with Gasteiger partial charge in [0, 0.05) is 11.6 Å². The van der Waals surface area contributed by atoms with E-state index in [-0.39, 0.29) is 0 Å². The van der Waals surface area contributed by atoms with Crippen molar-refractivity contribution in [2.45, 2.75) is 13.8 Å². The third-order valence-electron chi connectivity index (χ3n) is 4.16. The average Bonchev–Trinajstić information content (AvgIpc) is 2.75. The van der Waals surface area contributed by atoms with Gasteiger partial charge < -0.3 is 14.2 Å². The summed E-state index contributed by atoms with van der Waals surface area (Å²) in [5, 5.41) is 0. The molecule has 0 atom stereocenters. The molecule has 0 bridgehead atoms. The first-order valence-corrected chi connectivity index (χ1v) is 9.65. The van der Waals surface area contributed by atoms with E-state index in [0.717, 1.165) is 16.7 Å². The predicted molar refractivity (Wildman–Crippen MR) is 115 cm³/mol. The number of hydrogen-bond acceptors (Lipinski definition) is 4. The van der Waals surface area contributed by atoms with E-state index in [9.17, 15) is 4.79 Å². The maximum absolute atomic E-state index is 12.4. The Kier molecular flexibility index (Phi) is 7.06. The number of benzene rings is 3. The monoisotopic (exact) mass is 388 g/mol. The zero-order chi connectivity index (χ0) is 20.5. The predicted octanol–water partition coefficient (Wildman–Crippen LogP) is 5.77. The van der Waals surface area contributed by atoms with Crippen molar-refractivity contribution in [2.75, 3.05) is 13.2 Å². The zero-order valence-electron chi connectivity index (χ0n) is 16.6. The van der Waals surface area contributed by atoms with Crippen molar-refractivity contribution in [2.24, 2.45) is 0 Å². The zero-order valence-corrected chi connectivity index (χ0v) is 16.6. The van der Waals surface area contributed by atoms with Crippen LogP contribution >= 0.6 is 0 Å². The molecule has 0 fully saturated rings. The highest BCUT2D eigenvalue weighted by molar-refractivity contribution is 5.90. The average molecular weight is 388 g/mol. The lowest BCUT2D eigenvalue weighted by atomic mass is 10.1. The lowest BCUT2D eigenvalue weighted by molar-refractivity contribution is -0.128. The molecule has 0 aliphatic rings. The van der Waals surface area contributed by atoms with Crippen LogP contribution in [0, 0.1) is 0 Å². The van der Waals surface area contributed by atoms with Crippen LogP contribution < -0.4 is 14.2 Å². The minimum atomic E-state index is -0.444. The smallest absolute Gasteiger partial charge is 0.336 e. The molecule has 3 aromatic carbocycles. The van der Waals surface area contributed by atoms with Gasteiger partial charge in [0.25, 0.3) is 0 Å². The molecule has 4 nitrogen and oxygen atoms in total. The third-order valence-corrected chi connectivity index (χ3v) is 4.16. The molecule has 0 saturated heterocycles. The van der Waals surface area contributed by atoms with Gasteiger partial charge in [-0.3, -0.25) is 0 Å². The Morgan fingerprint density at radius 2 is 1.48 bits per heavy atom. The molecule has 0 spiro atoms. The highest BCUT2D eigenvalue weighted by atomic mass is 16.5. The molecule has 29 heavy (non-hydrogen) atoms. The van der Waals surface area contributed by atoms with Crippen molar-refractivity contribution in [1.29, 1.82) is 0 Å². The van der Waals surface area contributed by atoms with Crippen LogP contribution in [-0.2, 0) is 4.79 Å². The van der Waals surface area contributed by atoms with E-state index in [1.807, 2.05) is 80.6 Å². The lowest BCUT2D eigenvalue weighted by Crippen LogP contribution is -2.04. The van der Waals surface area contributed by atoms with E-state index < -0.39 is 5.97 Å². The van der Waals surface area contributed by atoms with Crippen molar-refractivity contribution in [1.82, 2.24) is 0 Å². The Hall–Kier alpha value is -3.53. The summed E-state index contributed by atoms with van der Waals surface area (Å²) in [4.78, 5) is 12.4. The number of carbonyl (C=O) groups is 1. The van der Waals surface area contributed by atoms with E-state index in [1.54, 1.807) is 12.1 Å². The van der Waals surface area contributed by atoms with Crippen molar-refractivity contribution < 1.29 is 19.0 Å². The van der Waals surface area contributed by atoms with Gasteiger partial charge in [-0.2, -0.15) is 0 Å². The summed E-state index contributed by atoms with van der Waals surface area (Å²) in [6.45, 7) is 4.93. The molecule has 0 saturated carbocycles. The van der Waals surface area contributed by atoms with Gasteiger partial charge in [0.1, 0.15) is 5.75 Å². The van der Waals surface area contributed by atoms with E-state index in [1.165, 1.54) is 6.08 Å². The number of carbonyl (C=O) groups excluding carboxylic acids is 1. The van der Waals surface area contributed by atoms with Crippen molar-refractivity contribution in [3.05, 3.63) is 84.4 Å². The molecular weight excluding hydrogens is 364 g/mol. The first-order chi connectivity index (χ1) is 14.2. The minimum absolute atomic E-state index is 0.444. The quantitative estimate of drug-likeness (QED) is 0.279. The SMILES string of the molecule is CCOc1ccc(/C=C/C(=O)Oc2ccccc2-c2ccccc2)cc1OCC. The minimum Gasteiger partial charge on any atom is -0.490 e. The van der Waals surface area contributed by atoms with Crippen LogP contribution in [-0.4, -0.2) is 19.2 Å². The van der Waals surface area contributed by atoms with Crippen LogP contribution in [0.3, 0.4) is 0 Å². The van der Waals surface area contributed by atoms with Crippen molar-refractivity contribution in [3.63, 3.8) is 0 Å². The topological polar surface area (TPSA) is 44.8 Å². The van der Waals surface area contributed by atoms with Crippen molar-refractivity contribution >= 4 is 12.0 Å². The highest BCUT2D eigenvalue weighted by Gasteiger charge is 2.09.